The molecule has 5 nitrogen and oxygen atoms in total. The fourth-order valence-electron chi connectivity index (χ4n) is 3.26. The number of hydrogen-bond donors (Lipinski definition) is 2. The van der Waals surface area contributed by atoms with Crippen molar-refractivity contribution < 1.29 is 9.53 Å². The fourth-order valence-corrected chi connectivity index (χ4v) is 3.41. The van der Waals surface area contributed by atoms with E-state index < -0.39 is 0 Å². The van der Waals surface area contributed by atoms with Gasteiger partial charge in [0.2, 0.25) is 5.91 Å². The summed E-state index contributed by atoms with van der Waals surface area (Å²) in [6, 6.07) is 11.7. The van der Waals surface area contributed by atoms with E-state index in [1.54, 1.807) is 13.2 Å². The number of methoxy groups -OCH3 is 1. The highest BCUT2D eigenvalue weighted by atomic mass is 35.5. The number of nitrogens with one attached hydrogen (secondary N) is 2. The van der Waals surface area contributed by atoms with Crippen LogP contribution in [0.1, 0.15) is 24.8 Å². The van der Waals surface area contributed by atoms with E-state index in [1.165, 1.54) is 24.9 Å². The summed E-state index contributed by atoms with van der Waals surface area (Å²) in [6.07, 6.45) is 3.81. The number of ether oxygens (including phenoxy) is 1. The van der Waals surface area contributed by atoms with Crippen LogP contribution < -0.4 is 20.3 Å². The summed E-state index contributed by atoms with van der Waals surface area (Å²) in [5.74, 6) is 0.500. The minimum Gasteiger partial charge on any atom is -0.495 e. The lowest BCUT2D eigenvalue weighted by Crippen LogP contribution is -2.29. The maximum atomic E-state index is 12.3. The van der Waals surface area contributed by atoms with Crippen molar-refractivity contribution in [3.8, 4) is 5.75 Å². The number of carbonyl (C=O) groups is 1. The van der Waals surface area contributed by atoms with Gasteiger partial charge in [0.1, 0.15) is 5.75 Å². The third-order valence-corrected chi connectivity index (χ3v) is 5.20. The molecule has 6 heteroatoms. The van der Waals surface area contributed by atoms with Crippen LogP contribution in [0.5, 0.6) is 5.75 Å². The first kappa shape index (κ1) is 19.4. The summed E-state index contributed by atoms with van der Waals surface area (Å²) in [5.41, 5.74) is 3.68. The van der Waals surface area contributed by atoms with Gasteiger partial charge in [-0.1, -0.05) is 11.6 Å². The van der Waals surface area contributed by atoms with Gasteiger partial charge in [-0.25, -0.2) is 0 Å². The molecule has 1 saturated heterocycles. The molecule has 0 radical (unpaired) electrons. The highest BCUT2D eigenvalue weighted by molar-refractivity contribution is 6.31. The van der Waals surface area contributed by atoms with Gasteiger partial charge < -0.3 is 20.3 Å². The lowest BCUT2D eigenvalue weighted by atomic mass is 10.1. The Balaban J connectivity index is 1.56. The Morgan fingerprint density at radius 2 is 1.85 bits per heavy atom. The van der Waals surface area contributed by atoms with Crippen molar-refractivity contribution in [1.29, 1.82) is 0 Å². The Hall–Kier alpha value is -2.40. The number of aryl methyl sites for hydroxylation is 1. The predicted octanol–water partition coefficient (Wildman–Crippen LogP) is 4.70. The standard InChI is InChI=1S/C21H26ClN3O2/c1-15-12-19(20(27-2)13-18(15)22)23-14-21(26)24-16-6-8-17(9-7-16)25-10-4-3-5-11-25/h6-9,12-13,23H,3-5,10-11,14H2,1-2H3,(H,24,26). The molecule has 0 saturated carbocycles. The molecular weight excluding hydrogens is 362 g/mol. The summed E-state index contributed by atoms with van der Waals surface area (Å²) in [4.78, 5) is 14.7. The van der Waals surface area contributed by atoms with Gasteiger partial charge in [0.05, 0.1) is 19.3 Å². The molecule has 3 rings (SSSR count). The molecule has 1 fully saturated rings. The highest BCUT2D eigenvalue weighted by Gasteiger charge is 2.12. The monoisotopic (exact) mass is 387 g/mol. The molecule has 2 aromatic rings. The molecule has 0 atom stereocenters. The zero-order valence-corrected chi connectivity index (χ0v) is 16.6. The molecule has 1 aliphatic rings. The second-order valence-electron chi connectivity index (χ2n) is 6.80. The fraction of sp³-hybridized carbons (Fsp3) is 0.381. The Morgan fingerprint density at radius 3 is 2.52 bits per heavy atom. The number of nitrogens with zero attached hydrogens (tertiary/aromatic N) is 1. The quantitative estimate of drug-likeness (QED) is 0.754. The Morgan fingerprint density at radius 1 is 1.15 bits per heavy atom. The van der Waals surface area contributed by atoms with Crippen molar-refractivity contribution in [3.05, 3.63) is 47.0 Å². The molecule has 2 N–H and O–H groups in total. The molecule has 0 bridgehead atoms. The van der Waals surface area contributed by atoms with Crippen LogP contribution in [0.25, 0.3) is 0 Å². The number of anilines is 3. The van der Waals surface area contributed by atoms with Crippen LogP contribution in [-0.2, 0) is 4.79 Å². The lowest BCUT2D eigenvalue weighted by molar-refractivity contribution is -0.114. The second kappa shape index (κ2) is 9.00. The van der Waals surface area contributed by atoms with Crippen molar-refractivity contribution in [2.75, 3.05) is 42.3 Å². The summed E-state index contributed by atoms with van der Waals surface area (Å²) in [7, 11) is 1.58. The lowest BCUT2D eigenvalue weighted by Gasteiger charge is -2.28. The second-order valence-corrected chi connectivity index (χ2v) is 7.21. The third-order valence-electron chi connectivity index (χ3n) is 4.79. The van der Waals surface area contributed by atoms with Crippen LogP contribution in [0.3, 0.4) is 0 Å². The van der Waals surface area contributed by atoms with Gasteiger partial charge in [-0.3, -0.25) is 4.79 Å². The summed E-state index contributed by atoms with van der Waals surface area (Å²) in [6.45, 7) is 4.28. The first-order chi connectivity index (χ1) is 13.1. The third kappa shape index (κ3) is 5.07. The van der Waals surface area contributed by atoms with Crippen LogP contribution in [-0.4, -0.2) is 32.7 Å². The molecule has 2 aromatic carbocycles. The van der Waals surface area contributed by atoms with Crippen LogP contribution in [0, 0.1) is 6.92 Å². The number of hydrogen-bond acceptors (Lipinski definition) is 4. The number of piperidine rings is 1. The minimum atomic E-state index is -0.115. The van der Waals surface area contributed by atoms with Crippen LogP contribution in [0.15, 0.2) is 36.4 Å². The highest BCUT2D eigenvalue weighted by Crippen LogP contribution is 2.30. The van der Waals surface area contributed by atoms with Crippen LogP contribution in [0.2, 0.25) is 5.02 Å². The topological polar surface area (TPSA) is 53.6 Å². The van der Waals surface area contributed by atoms with E-state index in [1.807, 2.05) is 25.1 Å². The van der Waals surface area contributed by atoms with Gasteiger partial charge in [-0.2, -0.15) is 0 Å². The molecule has 1 amide bonds. The predicted molar refractivity (Wildman–Crippen MR) is 112 cm³/mol. The van der Waals surface area contributed by atoms with Crippen LogP contribution >= 0.6 is 11.6 Å². The zero-order chi connectivity index (χ0) is 19.2. The van der Waals surface area contributed by atoms with E-state index in [0.717, 1.165) is 30.0 Å². The molecule has 144 valence electrons. The molecule has 1 heterocycles. The van der Waals surface area contributed by atoms with Crippen molar-refractivity contribution in [2.45, 2.75) is 26.2 Å². The van der Waals surface area contributed by atoms with Crippen molar-refractivity contribution in [3.63, 3.8) is 0 Å². The van der Waals surface area contributed by atoms with E-state index in [0.29, 0.717) is 10.8 Å². The summed E-state index contributed by atoms with van der Waals surface area (Å²) >= 11 is 6.11. The average Bonchev–Trinajstić information content (AvgIpc) is 2.70. The van der Waals surface area contributed by atoms with Crippen molar-refractivity contribution in [1.82, 2.24) is 0 Å². The summed E-state index contributed by atoms with van der Waals surface area (Å²) in [5, 5.41) is 6.67. The largest absolute Gasteiger partial charge is 0.495 e. The number of halogens is 1. The van der Waals surface area contributed by atoms with E-state index in [2.05, 4.69) is 27.7 Å². The molecule has 27 heavy (non-hydrogen) atoms. The van der Waals surface area contributed by atoms with E-state index in [9.17, 15) is 4.79 Å². The molecule has 0 aliphatic carbocycles. The van der Waals surface area contributed by atoms with Crippen LogP contribution in [0.4, 0.5) is 17.1 Å². The first-order valence-electron chi connectivity index (χ1n) is 9.29. The minimum absolute atomic E-state index is 0.115. The van der Waals surface area contributed by atoms with E-state index in [4.69, 9.17) is 16.3 Å². The van der Waals surface area contributed by atoms with E-state index >= 15 is 0 Å². The van der Waals surface area contributed by atoms with Gasteiger partial charge >= 0.3 is 0 Å². The zero-order valence-electron chi connectivity index (χ0n) is 15.8. The van der Waals surface area contributed by atoms with Gasteiger partial charge in [0.25, 0.3) is 0 Å². The van der Waals surface area contributed by atoms with Gasteiger partial charge in [-0.15, -0.1) is 0 Å². The molecule has 0 spiro atoms. The van der Waals surface area contributed by atoms with E-state index in [-0.39, 0.29) is 12.5 Å². The van der Waals surface area contributed by atoms with Gasteiger partial charge in [0.15, 0.2) is 0 Å². The number of benzene rings is 2. The summed E-state index contributed by atoms with van der Waals surface area (Å²) < 4.78 is 5.32. The normalized spacial score (nSPS) is 14.0. The average molecular weight is 388 g/mol. The SMILES string of the molecule is COc1cc(Cl)c(C)cc1NCC(=O)Nc1ccc(N2CCCCC2)cc1. The Labute approximate surface area is 165 Å². The molecular formula is C21H26ClN3O2. The van der Waals surface area contributed by atoms with Crippen molar-refractivity contribution in [2.24, 2.45) is 0 Å². The first-order valence-corrected chi connectivity index (χ1v) is 9.67. The molecule has 1 aliphatic heterocycles. The number of rotatable bonds is 6. The number of carbonyl (C=O) groups excluding carboxylic acids is 1. The smallest absolute Gasteiger partial charge is 0.243 e. The van der Waals surface area contributed by atoms with Crippen molar-refractivity contribution >= 4 is 34.6 Å². The Kier molecular flexibility index (Phi) is 6.45. The molecule has 0 aromatic heterocycles. The Bertz CT molecular complexity index is 787. The number of amides is 1. The van der Waals surface area contributed by atoms with Gasteiger partial charge in [-0.05, 0) is 62.1 Å². The maximum Gasteiger partial charge on any atom is 0.243 e. The molecule has 0 unspecified atom stereocenters. The maximum absolute atomic E-state index is 12.3. The van der Waals surface area contributed by atoms with Gasteiger partial charge in [0, 0.05) is 35.6 Å².